The van der Waals surface area contributed by atoms with Crippen molar-refractivity contribution in [2.45, 2.75) is 38.0 Å². The van der Waals surface area contributed by atoms with Crippen LogP contribution in [-0.2, 0) is 0 Å². The molecule has 23 heavy (non-hydrogen) atoms. The molecule has 1 unspecified atom stereocenters. The highest BCUT2D eigenvalue weighted by Crippen LogP contribution is 2.42. The summed E-state index contributed by atoms with van der Waals surface area (Å²) in [5.41, 5.74) is -0.0362. The van der Waals surface area contributed by atoms with E-state index in [1.165, 1.54) is 0 Å². The van der Waals surface area contributed by atoms with Crippen molar-refractivity contribution in [1.29, 1.82) is 10.5 Å². The van der Waals surface area contributed by atoms with Crippen molar-refractivity contribution < 1.29 is 4.74 Å². The third-order valence-electron chi connectivity index (χ3n) is 4.40. The first-order chi connectivity index (χ1) is 11.3. The summed E-state index contributed by atoms with van der Waals surface area (Å²) in [7, 11) is 1.63. The van der Waals surface area contributed by atoms with E-state index in [0.29, 0.717) is 12.8 Å². The largest absolute Gasteiger partial charge is 0.497 e. The molecule has 1 aromatic carbocycles. The Kier molecular flexibility index (Phi) is 6.01. The average molecular weight is 306 g/mol. The second-order valence-electron chi connectivity index (χ2n) is 5.83. The molecular weight excluding hydrogens is 284 g/mol. The molecule has 3 heteroatoms. The Hall–Kier alpha value is -2.52. The van der Waals surface area contributed by atoms with Crippen molar-refractivity contribution in [3.63, 3.8) is 0 Å². The summed E-state index contributed by atoms with van der Waals surface area (Å²) < 4.78 is 5.20. The third-order valence-corrected chi connectivity index (χ3v) is 4.40. The first kappa shape index (κ1) is 16.8. The quantitative estimate of drug-likeness (QED) is 0.731. The molecule has 1 aromatic rings. The molecule has 0 N–H and O–H groups in total. The van der Waals surface area contributed by atoms with E-state index in [9.17, 15) is 10.5 Å². The van der Waals surface area contributed by atoms with Gasteiger partial charge in [0.1, 0.15) is 5.75 Å². The van der Waals surface area contributed by atoms with Crippen LogP contribution in [0.15, 0.2) is 48.6 Å². The normalized spacial score (nSPS) is 23.5. The molecule has 3 nitrogen and oxygen atoms in total. The number of methoxy groups -OCH3 is 1. The first-order valence-electron chi connectivity index (χ1n) is 8.02. The highest BCUT2D eigenvalue weighted by molar-refractivity contribution is 5.36. The summed E-state index contributed by atoms with van der Waals surface area (Å²) in [6.07, 6.45) is 12.6. The fourth-order valence-electron chi connectivity index (χ4n) is 2.96. The lowest BCUT2D eigenvalue weighted by atomic mass is 9.70. The standard InChI is InChI=1S/C20H22N2O/c1-23-18-12-10-17(11-13-18)19-9-7-5-3-2-4-6-8-14-20(19,15-21)16-22/h5-8,10-13,19H,2-4,9,14H2,1H3/b7-5+,8-6+. The van der Waals surface area contributed by atoms with Crippen molar-refractivity contribution in [2.24, 2.45) is 5.41 Å². The highest BCUT2D eigenvalue weighted by Gasteiger charge is 2.39. The van der Waals surface area contributed by atoms with Crippen molar-refractivity contribution >= 4 is 0 Å². The minimum Gasteiger partial charge on any atom is -0.497 e. The summed E-state index contributed by atoms with van der Waals surface area (Å²) in [5.74, 6) is 0.628. The monoisotopic (exact) mass is 306 g/mol. The van der Waals surface area contributed by atoms with E-state index in [1.54, 1.807) is 7.11 Å². The molecular formula is C20H22N2O. The molecule has 1 atom stereocenters. The van der Waals surface area contributed by atoms with Crippen LogP contribution in [0.2, 0.25) is 0 Å². The number of ether oxygens (including phenoxy) is 1. The Bertz CT molecular complexity index is 630. The summed E-state index contributed by atoms with van der Waals surface area (Å²) in [6.45, 7) is 0. The van der Waals surface area contributed by atoms with E-state index in [1.807, 2.05) is 30.3 Å². The Labute approximate surface area is 138 Å². The molecule has 0 amide bonds. The second-order valence-corrected chi connectivity index (χ2v) is 5.83. The van der Waals surface area contributed by atoms with Gasteiger partial charge in [-0.3, -0.25) is 0 Å². The molecule has 0 heterocycles. The van der Waals surface area contributed by atoms with Gasteiger partial charge in [0.15, 0.2) is 5.41 Å². The maximum atomic E-state index is 9.77. The Morgan fingerprint density at radius 1 is 1.00 bits per heavy atom. The topological polar surface area (TPSA) is 56.8 Å². The lowest BCUT2D eigenvalue weighted by molar-refractivity contribution is 0.407. The van der Waals surface area contributed by atoms with Crippen LogP contribution in [0.3, 0.4) is 0 Å². The summed E-state index contributed by atoms with van der Waals surface area (Å²) >= 11 is 0. The van der Waals surface area contributed by atoms with Crippen molar-refractivity contribution in [1.82, 2.24) is 0 Å². The molecule has 2 rings (SSSR count). The zero-order valence-corrected chi connectivity index (χ0v) is 13.5. The molecule has 0 spiro atoms. The van der Waals surface area contributed by atoms with E-state index in [0.717, 1.165) is 30.6 Å². The number of hydrogen-bond acceptors (Lipinski definition) is 3. The van der Waals surface area contributed by atoms with Crippen LogP contribution in [0.1, 0.15) is 43.6 Å². The summed E-state index contributed by atoms with van der Waals surface area (Å²) in [6, 6.07) is 12.3. The summed E-state index contributed by atoms with van der Waals surface area (Å²) in [5, 5.41) is 19.5. The predicted octanol–water partition coefficient (Wildman–Crippen LogP) is 4.89. The molecule has 1 aliphatic carbocycles. The van der Waals surface area contributed by atoms with Crippen molar-refractivity contribution in [3.8, 4) is 17.9 Å². The van der Waals surface area contributed by atoms with Gasteiger partial charge in [-0.1, -0.05) is 36.4 Å². The van der Waals surface area contributed by atoms with Crippen LogP contribution in [0.4, 0.5) is 0 Å². The van der Waals surface area contributed by atoms with Crippen molar-refractivity contribution in [3.05, 3.63) is 54.1 Å². The van der Waals surface area contributed by atoms with Crippen LogP contribution in [0.25, 0.3) is 0 Å². The van der Waals surface area contributed by atoms with E-state index >= 15 is 0 Å². The third kappa shape index (κ3) is 4.02. The van der Waals surface area contributed by atoms with Gasteiger partial charge in [0.05, 0.1) is 19.2 Å². The second kappa shape index (κ2) is 8.20. The average Bonchev–Trinajstić information content (AvgIpc) is 2.65. The SMILES string of the molecule is COc1ccc(C2C/C=C/CCC/C=C/CC2(C#N)C#N)cc1. The molecule has 1 aliphatic rings. The highest BCUT2D eigenvalue weighted by atomic mass is 16.5. The van der Waals surface area contributed by atoms with E-state index in [2.05, 4.69) is 30.4 Å². The molecule has 0 bridgehead atoms. The van der Waals surface area contributed by atoms with Crippen LogP contribution in [-0.4, -0.2) is 7.11 Å². The van der Waals surface area contributed by atoms with Crippen LogP contribution in [0.5, 0.6) is 5.75 Å². The van der Waals surface area contributed by atoms with Gasteiger partial charge in [0, 0.05) is 5.92 Å². The van der Waals surface area contributed by atoms with Gasteiger partial charge in [-0.05, 0) is 49.8 Å². The first-order valence-corrected chi connectivity index (χ1v) is 8.02. The minimum atomic E-state index is -1.04. The predicted molar refractivity (Wildman–Crippen MR) is 90.8 cm³/mol. The number of nitrogens with zero attached hydrogens (tertiary/aromatic N) is 2. The van der Waals surface area contributed by atoms with Gasteiger partial charge in [0.25, 0.3) is 0 Å². The lowest BCUT2D eigenvalue weighted by Crippen LogP contribution is -2.25. The number of allylic oxidation sites excluding steroid dienone is 4. The summed E-state index contributed by atoms with van der Waals surface area (Å²) in [4.78, 5) is 0. The van der Waals surface area contributed by atoms with Crippen LogP contribution < -0.4 is 4.74 Å². The molecule has 0 aromatic heterocycles. The van der Waals surface area contributed by atoms with E-state index < -0.39 is 5.41 Å². The minimum absolute atomic E-state index is 0.151. The van der Waals surface area contributed by atoms with Crippen molar-refractivity contribution in [2.75, 3.05) is 7.11 Å². The lowest BCUT2D eigenvalue weighted by Gasteiger charge is -2.28. The fourth-order valence-corrected chi connectivity index (χ4v) is 2.96. The van der Waals surface area contributed by atoms with Gasteiger partial charge in [-0.2, -0.15) is 10.5 Å². The molecule has 0 radical (unpaired) electrons. The maximum Gasteiger partial charge on any atom is 0.154 e. The number of rotatable bonds is 2. The number of nitriles is 2. The number of benzene rings is 1. The zero-order valence-electron chi connectivity index (χ0n) is 13.5. The smallest absolute Gasteiger partial charge is 0.154 e. The molecule has 0 aliphatic heterocycles. The zero-order chi connectivity index (χ0) is 16.5. The van der Waals surface area contributed by atoms with Gasteiger partial charge >= 0.3 is 0 Å². The van der Waals surface area contributed by atoms with Crippen LogP contribution in [0, 0.1) is 28.1 Å². The van der Waals surface area contributed by atoms with Gasteiger partial charge < -0.3 is 4.74 Å². The molecule has 118 valence electrons. The molecule has 0 saturated heterocycles. The van der Waals surface area contributed by atoms with E-state index in [-0.39, 0.29) is 5.92 Å². The maximum absolute atomic E-state index is 9.77. The van der Waals surface area contributed by atoms with Gasteiger partial charge in [0.2, 0.25) is 0 Å². The van der Waals surface area contributed by atoms with Gasteiger partial charge in [-0.25, -0.2) is 0 Å². The molecule has 0 fully saturated rings. The Morgan fingerprint density at radius 3 is 2.26 bits per heavy atom. The van der Waals surface area contributed by atoms with Crippen LogP contribution >= 0.6 is 0 Å². The molecule has 0 saturated carbocycles. The number of hydrogen-bond donors (Lipinski definition) is 0. The van der Waals surface area contributed by atoms with E-state index in [4.69, 9.17) is 4.74 Å². The van der Waals surface area contributed by atoms with Gasteiger partial charge in [-0.15, -0.1) is 0 Å². The Balaban J connectivity index is 2.43. The fraction of sp³-hybridized carbons (Fsp3) is 0.400. The Morgan fingerprint density at radius 2 is 1.65 bits per heavy atom.